The molecule has 3 nitrogen and oxygen atoms in total. The van der Waals surface area contributed by atoms with E-state index in [0.717, 1.165) is 12.8 Å². The van der Waals surface area contributed by atoms with E-state index in [1.54, 1.807) is 24.3 Å². The van der Waals surface area contributed by atoms with E-state index in [-0.39, 0.29) is 12.2 Å². The van der Waals surface area contributed by atoms with Gasteiger partial charge in [-0.05, 0) is 17.5 Å². The number of halogens is 1. The van der Waals surface area contributed by atoms with Crippen LogP contribution in [0.1, 0.15) is 67.9 Å². The van der Waals surface area contributed by atoms with Crippen molar-refractivity contribution >= 4 is 29.0 Å². The number of benzene rings is 3. The fraction of sp³-hybridized carbons (Fsp3) is 0.222. The van der Waals surface area contributed by atoms with E-state index in [9.17, 15) is 14.4 Å². The van der Waals surface area contributed by atoms with Crippen LogP contribution in [0.5, 0.6) is 0 Å². The summed E-state index contributed by atoms with van der Waals surface area (Å²) in [5.41, 5.74) is 3.06. The topological polar surface area (TPSA) is 51.2 Å². The second-order valence-corrected chi connectivity index (χ2v) is 8.55. The van der Waals surface area contributed by atoms with Gasteiger partial charge >= 0.3 is 0 Å². The third-order valence-electron chi connectivity index (χ3n) is 5.96. The van der Waals surface area contributed by atoms with E-state index < -0.39 is 22.4 Å². The van der Waals surface area contributed by atoms with E-state index in [0.29, 0.717) is 22.3 Å². The van der Waals surface area contributed by atoms with Gasteiger partial charge in [-0.25, -0.2) is 0 Å². The molecular weight excluding hydrogens is 408 g/mol. The Kier molecular flexibility index (Phi) is 5.88. The lowest BCUT2D eigenvalue weighted by Gasteiger charge is -2.29. The molecule has 0 aromatic heterocycles. The first kappa shape index (κ1) is 21.2. The number of fused-ring (bicyclic) bond motifs is 1. The van der Waals surface area contributed by atoms with Gasteiger partial charge in [0.25, 0.3) is 0 Å². The molecule has 1 aliphatic carbocycles. The minimum atomic E-state index is -1.83. The molecule has 0 heterocycles. The van der Waals surface area contributed by atoms with Crippen LogP contribution in [0.25, 0.3) is 0 Å². The Labute approximate surface area is 187 Å². The van der Waals surface area contributed by atoms with Gasteiger partial charge in [0.1, 0.15) is 0 Å². The van der Waals surface area contributed by atoms with Crippen molar-refractivity contribution in [2.75, 3.05) is 0 Å². The number of carbonyl (C=O) groups is 3. The highest BCUT2D eigenvalue weighted by atomic mass is 35.5. The van der Waals surface area contributed by atoms with Crippen molar-refractivity contribution in [3.8, 4) is 0 Å². The molecule has 4 rings (SSSR count). The molecule has 0 saturated heterocycles. The van der Waals surface area contributed by atoms with Crippen LogP contribution in [-0.4, -0.2) is 22.2 Å². The fourth-order valence-electron chi connectivity index (χ4n) is 4.31. The lowest BCUT2D eigenvalue weighted by Crippen LogP contribution is -2.42. The SMILES string of the molecule is CCCc1ccc(C(=O)C[C@@H](c2ccccc2)C2(Cl)C(=O)c3ccccc3C2=O)cc1. The Morgan fingerprint density at radius 2 is 1.39 bits per heavy atom. The Bertz CT molecular complexity index is 1100. The smallest absolute Gasteiger partial charge is 0.193 e. The quantitative estimate of drug-likeness (QED) is 0.260. The van der Waals surface area contributed by atoms with Gasteiger partial charge in [0.15, 0.2) is 22.2 Å². The molecule has 31 heavy (non-hydrogen) atoms. The van der Waals surface area contributed by atoms with Crippen molar-refractivity contribution in [1.29, 1.82) is 0 Å². The van der Waals surface area contributed by atoms with Gasteiger partial charge in [-0.1, -0.05) is 92.2 Å². The highest BCUT2D eigenvalue weighted by molar-refractivity contribution is 6.56. The van der Waals surface area contributed by atoms with Gasteiger partial charge in [-0.15, -0.1) is 11.6 Å². The molecule has 0 bridgehead atoms. The number of hydrogen-bond acceptors (Lipinski definition) is 3. The fourth-order valence-corrected chi connectivity index (χ4v) is 4.72. The second kappa shape index (κ2) is 8.60. The van der Waals surface area contributed by atoms with Crippen LogP contribution in [0, 0.1) is 0 Å². The summed E-state index contributed by atoms with van der Waals surface area (Å²) < 4.78 is 0. The molecule has 3 aromatic carbocycles. The number of rotatable bonds is 7. The summed E-state index contributed by atoms with van der Waals surface area (Å²) in [4.78, 5) is 38.0. The molecule has 0 fully saturated rings. The lowest BCUT2D eigenvalue weighted by atomic mass is 9.78. The molecule has 0 aliphatic heterocycles. The normalized spacial score (nSPS) is 15.5. The zero-order valence-corrected chi connectivity index (χ0v) is 18.1. The van der Waals surface area contributed by atoms with E-state index in [1.807, 2.05) is 54.6 Å². The molecule has 0 radical (unpaired) electrons. The van der Waals surface area contributed by atoms with Crippen LogP contribution in [0.15, 0.2) is 78.9 Å². The van der Waals surface area contributed by atoms with E-state index >= 15 is 0 Å². The van der Waals surface area contributed by atoms with Gasteiger partial charge in [0.05, 0.1) is 0 Å². The number of carbonyl (C=O) groups excluding carboxylic acids is 3. The van der Waals surface area contributed by atoms with Crippen molar-refractivity contribution in [2.45, 2.75) is 37.0 Å². The van der Waals surface area contributed by atoms with Gasteiger partial charge in [0, 0.05) is 29.0 Å². The Morgan fingerprint density at radius 1 is 0.839 bits per heavy atom. The highest BCUT2D eigenvalue weighted by Crippen LogP contribution is 2.46. The first-order valence-electron chi connectivity index (χ1n) is 10.5. The van der Waals surface area contributed by atoms with Crippen LogP contribution in [0.4, 0.5) is 0 Å². The lowest BCUT2D eigenvalue weighted by molar-refractivity contribution is 0.0829. The summed E-state index contributed by atoms with van der Waals surface area (Å²) in [6.07, 6.45) is 1.95. The van der Waals surface area contributed by atoms with Crippen molar-refractivity contribution in [3.63, 3.8) is 0 Å². The average molecular weight is 431 g/mol. The predicted molar refractivity (Wildman–Crippen MR) is 122 cm³/mol. The minimum Gasteiger partial charge on any atom is -0.294 e. The summed E-state index contributed by atoms with van der Waals surface area (Å²) in [5, 5.41) is 0. The third kappa shape index (κ3) is 3.75. The number of Topliss-reactive ketones (excluding diaryl/α,β-unsaturated/α-hetero) is 3. The summed E-state index contributed by atoms with van der Waals surface area (Å²) in [7, 11) is 0. The van der Waals surface area contributed by atoms with Crippen LogP contribution < -0.4 is 0 Å². The Hall–Kier alpha value is -3.04. The molecule has 0 saturated carbocycles. The maximum Gasteiger partial charge on any atom is 0.193 e. The first-order chi connectivity index (χ1) is 15.0. The molecule has 4 heteroatoms. The summed E-state index contributed by atoms with van der Waals surface area (Å²) >= 11 is 6.88. The van der Waals surface area contributed by atoms with Gasteiger partial charge < -0.3 is 0 Å². The number of ketones is 3. The molecule has 0 spiro atoms. The van der Waals surface area contributed by atoms with Crippen molar-refractivity contribution in [2.24, 2.45) is 0 Å². The number of aryl methyl sites for hydroxylation is 1. The molecule has 1 aliphatic rings. The predicted octanol–water partition coefficient (Wildman–Crippen LogP) is 6.05. The van der Waals surface area contributed by atoms with Crippen LogP contribution in [-0.2, 0) is 6.42 Å². The molecule has 0 amide bonds. The van der Waals surface area contributed by atoms with Gasteiger partial charge in [0.2, 0.25) is 0 Å². The molecule has 3 aromatic rings. The van der Waals surface area contributed by atoms with Crippen LogP contribution in [0.2, 0.25) is 0 Å². The molecule has 156 valence electrons. The summed E-state index contributed by atoms with van der Waals surface area (Å²) in [6, 6.07) is 23.3. The molecule has 0 unspecified atom stereocenters. The van der Waals surface area contributed by atoms with E-state index in [1.165, 1.54) is 5.56 Å². The maximum atomic E-state index is 13.3. The van der Waals surface area contributed by atoms with Crippen LogP contribution in [0.3, 0.4) is 0 Å². The second-order valence-electron chi connectivity index (χ2n) is 7.95. The first-order valence-corrected chi connectivity index (χ1v) is 10.9. The highest BCUT2D eigenvalue weighted by Gasteiger charge is 2.57. The summed E-state index contributed by atoms with van der Waals surface area (Å²) in [6.45, 7) is 2.11. The number of alkyl halides is 1. The van der Waals surface area contributed by atoms with E-state index in [4.69, 9.17) is 11.6 Å². The zero-order chi connectivity index (χ0) is 22.0. The Balaban J connectivity index is 1.72. The van der Waals surface area contributed by atoms with Gasteiger partial charge in [-0.3, -0.25) is 14.4 Å². The van der Waals surface area contributed by atoms with Crippen molar-refractivity contribution in [1.82, 2.24) is 0 Å². The largest absolute Gasteiger partial charge is 0.294 e. The molecular formula is C27H23ClO3. The minimum absolute atomic E-state index is 0.0356. The zero-order valence-electron chi connectivity index (χ0n) is 17.3. The van der Waals surface area contributed by atoms with Gasteiger partial charge in [-0.2, -0.15) is 0 Å². The average Bonchev–Trinajstić information content (AvgIpc) is 3.00. The summed E-state index contributed by atoms with van der Waals surface area (Å²) in [5.74, 6) is -1.79. The Morgan fingerprint density at radius 3 is 1.94 bits per heavy atom. The van der Waals surface area contributed by atoms with Crippen molar-refractivity contribution < 1.29 is 14.4 Å². The van der Waals surface area contributed by atoms with Crippen molar-refractivity contribution in [3.05, 3.63) is 107 Å². The molecule has 0 N–H and O–H groups in total. The third-order valence-corrected chi connectivity index (χ3v) is 6.57. The van der Waals surface area contributed by atoms with E-state index in [2.05, 4.69) is 6.92 Å². The monoisotopic (exact) mass is 430 g/mol. The number of hydrogen-bond donors (Lipinski definition) is 0. The van der Waals surface area contributed by atoms with Crippen LogP contribution >= 0.6 is 11.6 Å². The standard InChI is InChI=1S/C27H23ClO3/c1-2-8-18-13-15-20(16-14-18)24(29)17-23(19-9-4-3-5-10-19)27(28)25(30)21-11-6-7-12-22(21)26(27)31/h3-7,9-16,23H,2,8,17H2,1H3/t23-/m0/s1. The molecule has 1 atom stereocenters. The maximum absolute atomic E-state index is 13.3.